The molecule has 0 unspecified atom stereocenters. The number of carbonyl (C=O) groups excluding carboxylic acids is 2. The summed E-state index contributed by atoms with van der Waals surface area (Å²) < 4.78 is 5.06. The van der Waals surface area contributed by atoms with Crippen molar-refractivity contribution in [1.82, 2.24) is 15.1 Å². The zero-order valence-electron chi connectivity index (χ0n) is 14.7. The molecule has 1 fully saturated rings. The Hall–Kier alpha value is -2.48. The van der Waals surface area contributed by atoms with Crippen LogP contribution in [-0.2, 0) is 20.7 Å². The van der Waals surface area contributed by atoms with Gasteiger partial charge in [-0.1, -0.05) is 29.5 Å². The lowest BCUT2D eigenvalue weighted by Crippen LogP contribution is -2.41. The normalized spacial score (nSPS) is 14.9. The molecule has 1 aromatic carbocycles. The number of piperidine rings is 1. The Morgan fingerprint density at radius 1 is 1.23 bits per heavy atom. The number of likely N-dealkylation sites (tertiary alicyclic amines) is 1. The number of benzene rings is 1. The maximum Gasteiger partial charge on any atom is 0.309 e. The van der Waals surface area contributed by atoms with E-state index in [9.17, 15) is 9.59 Å². The van der Waals surface area contributed by atoms with Crippen LogP contribution >= 0.6 is 11.3 Å². The van der Waals surface area contributed by atoms with Crippen LogP contribution in [0.2, 0.25) is 0 Å². The number of hydrogen-bond donors (Lipinski definition) is 1. The van der Waals surface area contributed by atoms with Crippen molar-refractivity contribution in [2.45, 2.75) is 26.2 Å². The molecule has 0 spiro atoms. The van der Waals surface area contributed by atoms with E-state index in [0.717, 1.165) is 5.69 Å². The van der Waals surface area contributed by atoms with Crippen LogP contribution in [0.5, 0.6) is 0 Å². The summed E-state index contributed by atoms with van der Waals surface area (Å²) in [6.07, 6.45) is 1.54. The summed E-state index contributed by atoms with van der Waals surface area (Å²) in [5.41, 5.74) is 0.933. The quantitative estimate of drug-likeness (QED) is 0.783. The van der Waals surface area contributed by atoms with E-state index in [1.54, 1.807) is 11.8 Å². The van der Waals surface area contributed by atoms with Crippen molar-refractivity contribution >= 4 is 34.0 Å². The zero-order valence-corrected chi connectivity index (χ0v) is 15.5. The van der Waals surface area contributed by atoms with Crippen LogP contribution in [0.15, 0.2) is 30.3 Å². The fraction of sp³-hybridized carbons (Fsp3) is 0.444. The number of ether oxygens (including phenoxy) is 1. The van der Waals surface area contributed by atoms with E-state index in [1.807, 2.05) is 30.3 Å². The molecule has 0 atom stereocenters. The Bertz CT molecular complexity index is 742. The van der Waals surface area contributed by atoms with Gasteiger partial charge in [0, 0.05) is 18.8 Å². The number of aromatic nitrogens is 2. The number of amides is 1. The van der Waals surface area contributed by atoms with Crippen molar-refractivity contribution in [2.75, 3.05) is 25.0 Å². The van der Waals surface area contributed by atoms with Gasteiger partial charge in [0.15, 0.2) is 0 Å². The van der Waals surface area contributed by atoms with Gasteiger partial charge in [-0.05, 0) is 31.9 Å². The van der Waals surface area contributed by atoms with Gasteiger partial charge in [0.1, 0.15) is 5.01 Å². The van der Waals surface area contributed by atoms with E-state index in [0.29, 0.717) is 42.7 Å². The monoisotopic (exact) mass is 374 g/mol. The average molecular weight is 374 g/mol. The summed E-state index contributed by atoms with van der Waals surface area (Å²) in [5.74, 6) is -0.225. The first-order chi connectivity index (χ1) is 12.7. The number of rotatable bonds is 6. The molecule has 1 N–H and O–H groups in total. The summed E-state index contributed by atoms with van der Waals surface area (Å²) >= 11 is 1.38. The Kier molecular flexibility index (Phi) is 6.17. The van der Waals surface area contributed by atoms with Gasteiger partial charge in [-0.3, -0.25) is 9.59 Å². The lowest BCUT2D eigenvalue weighted by molar-refractivity contribution is -0.151. The lowest BCUT2D eigenvalue weighted by atomic mass is 9.97. The van der Waals surface area contributed by atoms with Crippen LogP contribution < -0.4 is 5.32 Å². The van der Waals surface area contributed by atoms with Crippen LogP contribution in [0.3, 0.4) is 0 Å². The molecule has 0 aliphatic carbocycles. The summed E-state index contributed by atoms with van der Waals surface area (Å²) in [4.78, 5) is 26.0. The number of anilines is 2. The molecule has 26 heavy (non-hydrogen) atoms. The lowest BCUT2D eigenvalue weighted by Gasteiger charge is -2.30. The number of carbonyl (C=O) groups is 2. The van der Waals surface area contributed by atoms with E-state index >= 15 is 0 Å². The highest BCUT2D eigenvalue weighted by atomic mass is 32.1. The third kappa shape index (κ3) is 4.78. The largest absolute Gasteiger partial charge is 0.466 e. The average Bonchev–Trinajstić information content (AvgIpc) is 3.09. The number of nitrogens with zero attached hydrogens (tertiary/aromatic N) is 3. The minimum Gasteiger partial charge on any atom is -0.466 e. The second-order valence-corrected chi connectivity index (χ2v) is 7.14. The first kappa shape index (κ1) is 18.3. The predicted octanol–water partition coefficient (Wildman–Crippen LogP) is 2.63. The van der Waals surface area contributed by atoms with Crippen molar-refractivity contribution in [2.24, 2.45) is 5.92 Å². The first-order valence-electron chi connectivity index (χ1n) is 8.74. The molecule has 8 heteroatoms. The molecule has 7 nitrogen and oxygen atoms in total. The summed E-state index contributed by atoms with van der Waals surface area (Å²) in [6.45, 7) is 3.36. The smallest absolute Gasteiger partial charge is 0.309 e. The standard InChI is InChI=1S/C18H22N4O3S/c1-2-25-17(24)13-8-10-22(11-9-13)16(23)12-15-20-21-18(26-15)19-14-6-4-3-5-7-14/h3-7,13H,2,8-12H2,1H3,(H,19,21). The molecule has 2 heterocycles. The van der Waals surface area contributed by atoms with E-state index in [2.05, 4.69) is 15.5 Å². The fourth-order valence-electron chi connectivity index (χ4n) is 2.89. The summed E-state index contributed by atoms with van der Waals surface area (Å²) in [5, 5.41) is 12.7. The van der Waals surface area contributed by atoms with Crippen molar-refractivity contribution in [3.63, 3.8) is 0 Å². The second kappa shape index (κ2) is 8.75. The summed E-state index contributed by atoms with van der Waals surface area (Å²) in [7, 11) is 0. The third-order valence-electron chi connectivity index (χ3n) is 4.26. The van der Waals surface area contributed by atoms with Crippen LogP contribution in [0.25, 0.3) is 0 Å². The molecular weight excluding hydrogens is 352 g/mol. The van der Waals surface area contributed by atoms with Crippen LogP contribution in [0, 0.1) is 5.92 Å². The molecular formula is C18H22N4O3S. The second-order valence-electron chi connectivity index (χ2n) is 6.08. The minimum atomic E-state index is -0.152. The molecule has 2 aromatic rings. The van der Waals surface area contributed by atoms with Gasteiger partial charge in [-0.2, -0.15) is 0 Å². The third-order valence-corrected chi connectivity index (χ3v) is 5.10. The topological polar surface area (TPSA) is 84.4 Å². The molecule has 0 saturated carbocycles. The molecule has 0 bridgehead atoms. The molecule has 1 aromatic heterocycles. The zero-order chi connectivity index (χ0) is 18.4. The number of nitrogens with one attached hydrogen (secondary N) is 1. The number of esters is 1. The van der Waals surface area contributed by atoms with Gasteiger partial charge < -0.3 is 15.0 Å². The van der Waals surface area contributed by atoms with Gasteiger partial charge in [0.05, 0.1) is 18.9 Å². The van der Waals surface area contributed by atoms with Gasteiger partial charge >= 0.3 is 5.97 Å². The van der Waals surface area contributed by atoms with Crippen molar-refractivity contribution in [3.05, 3.63) is 35.3 Å². The molecule has 0 radical (unpaired) electrons. The molecule has 3 rings (SSSR count). The molecule has 138 valence electrons. The maximum atomic E-state index is 12.5. The molecule has 1 amide bonds. The molecule has 1 aliphatic heterocycles. The SMILES string of the molecule is CCOC(=O)C1CCN(C(=O)Cc2nnc(Nc3ccccc3)s2)CC1. The van der Waals surface area contributed by atoms with Gasteiger partial charge in [0.25, 0.3) is 0 Å². The van der Waals surface area contributed by atoms with Gasteiger partial charge in [-0.25, -0.2) is 0 Å². The van der Waals surface area contributed by atoms with Crippen LogP contribution in [-0.4, -0.2) is 46.7 Å². The van der Waals surface area contributed by atoms with Crippen molar-refractivity contribution in [1.29, 1.82) is 0 Å². The Morgan fingerprint density at radius 2 is 1.96 bits per heavy atom. The van der Waals surface area contributed by atoms with Crippen LogP contribution in [0.4, 0.5) is 10.8 Å². The highest BCUT2D eigenvalue weighted by molar-refractivity contribution is 7.15. The van der Waals surface area contributed by atoms with Crippen molar-refractivity contribution < 1.29 is 14.3 Å². The van der Waals surface area contributed by atoms with E-state index in [1.165, 1.54) is 11.3 Å². The Morgan fingerprint density at radius 3 is 2.65 bits per heavy atom. The predicted molar refractivity (Wildman–Crippen MR) is 99.3 cm³/mol. The van der Waals surface area contributed by atoms with E-state index in [-0.39, 0.29) is 24.2 Å². The van der Waals surface area contributed by atoms with E-state index in [4.69, 9.17) is 4.74 Å². The number of para-hydroxylation sites is 1. The maximum absolute atomic E-state index is 12.5. The van der Waals surface area contributed by atoms with E-state index < -0.39 is 0 Å². The first-order valence-corrected chi connectivity index (χ1v) is 9.56. The van der Waals surface area contributed by atoms with Crippen molar-refractivity contribution in [3.8, 4) is 0 Å². The molecule has 1 aliphatic rings. The summed E-state index contributed by atoms with van der Waals surface area (Å²) in [6, 6.07) is 9.71. The molecule has 1 saturated heterocycles. The minimum absolute atomic E-state index is 0.0229. The highest BCUT2D eigenvalue weighted by Crippen LogP contribution is 2.23. The Balaban J connectivity index is 1.49. The Labute approximate surface area is 156 Å². The van der Waals surface area contributed by atoms with Gasteiger partial charge in [0.2, 0.25) is 11.0 Å². The number of hydrogen-bond acceptors (Lipinski definition) is 7. The fourth-order valence-corrected chi connectivity index (χ4v) is 3.64. The van der Waals surface area contributed by atoms with Gasteiger partial charge in [-0.15, -0.1) is 10.2 Å². The van der Waals surface area contributed by atoms with Crippen LogP contribution in [0.1, 0.15) is 24.8 Å². The highest BCUT2D eigenvalue weighted by Gasteiger charge is 2.28.